The average molecular weight is 737 g/mol. The first-order chi connectivity index (χ1) is 26.3. The van der Waals surface area contributed by atoms with Gasteiger partial charge in [-0.05, 0) is 48.9 Å². The minimum Gasteiger partial charge on any atom is -0.384 e. The van der Waals surface area contributed by atoms with E-state index in [-0.39, 0.29) is 24.4 Å². The lowest BCUT2D eigenvalue weighted by molar-refractivity contribution is -0.264. The molecule has 2 aliphatic rings. The molecule has 0 spiro atoms. The van der Waals surface area contributed by atoms with Gasteiger partial charge in [-0.25, -0.2) is 0 Å². The third kappa shape index (κ3) is 11.1. The highest BCUT2D eigenvalue weighted by Gasteiger charge is 2.52. The first-order valence-electron chi connectivity index (χ1n) is 18.8. The Kier molecular flexibility index (Phi) is 15.8. The van der Waals surface area contributed by atoms with Crippen LogP contribution in [0.1, 0.15) is 48.9 Å². The van der Waals surface area contributed by atoms with Crippen molar-refractivity contribution >= 4 is 0 Å². The summed E-state index contributed by atoms with van der Waals surface area (Å²) in [4.78, 5) is 0. The van der Waals surface area contributed by atoms with E-state index in [0.29, 0.717) is 52.5 Å². The highest BCUT2D eigenvalue weighted by atomic mass is 16.6. The van der Waals surface area contributed by atoms with Gasteiger partial charge in [0.2, 0.25) is 0 Å². The van der Waals surface area contributed by atoms with Gasteiger partial charge in [0.15, 0.2) is 0 Å². The van der Waals surface area contributed by atoms with Crippen molar-refractivity contribution in [1.29, 1.82) is 0 Å². The largest absolute Gasteiger partial charge is 0.384 e. The quantitative estimate of drug-likeness (QED) is 0.113. The van der Waals surface area contributed by atoms with Gasteiger partial charge in [0.25, 0.3) is 0 Å². The molecular weight excluding hydrogens is 680 g/mol. The van der Waals surface area contributed by atoms with E-state index in [1.807, 2.05) is 135 Å². The smallest absolute Gasteiger partial charge is 0.123 e. The van der Waals surface area contributed by atoms with E-state index >= 15 is 0 Å². The molecule has 54 heavy (non-hydrogen) atoms. The second-order valence-electron chi connectivity index (χ2n) is 14.0. The van der Waals surface area contributed by atoms with Crippen LogP contribution in [0.3, 0.4) is 0 Å². The Hall–Kier alpha value is -3.96. The van der Waals surface area contributed by atoms with Crippen molar-refractivity contribution in [2.75, 3.05) is 13.2 Å². The minimum absolute atomic E-state index is 0.366. The zero-order valence-corrected chi connectivity index (χ0v) is 31.6. The molecule has 288 valence electrons. The fourth-order valence-electron chi connectivity index (χ4n) is 6.92. The molecule has 4 aromatic rings. The van der Waals surface area contributed by atoms with Crippen molar-refractivity contribution in [3.63, 3.8) is 0 Å². The van der Waals surface area contributed by atoms with Crippen molar-refractivity contribution in [3.8, 4) is 0 Å². The van der Waals surface area contributed by atoms with Gasteiger partial charge in [-0.2, -0.15) is 0 Å². The Balaban J connectivity index is 0.000000208. The molecule has 4 unspecified atom stereocenters. The van der Waals surface area contributed by atoms with Crippen molar-refractivity contribution in [3.05, 3.63) is 169 Å². The van der Waals surface area contributed by atoms with E-state index in [0.717, 1.165) is 22.3 Å². The van der Waals surface area contributed by atoms with E-state index in [4.69, 9.17) is 28.4 Å². The maximum Gasteiger partial charge on any atom is 0.123 e. The van der Waals surface area contributed by atoms with Crippen molar-refractivity contribution in [2.24, 2.45) is 0 Å². The molecule has 0 saturated carbocycles. The molecule has 6 rings (SSSR count). The van der Waals surface area contributed by atoms with Crippen molar-refractivity contribution in [2.45, 2.75) is 101 Å². The molecule has 2 aliphatic heterocycles. The Morgan fingerprint density at radius 2 is 0.796 bits per heavy atom. The molecule has 2 heterocycles. The topological polar surface area (TPSA) is 95.8 Å². The van der Waals surface area contributed by atoms with E-state index in [1.54, 1.807) is 12.2 Å². The van der Waals surface area contributed by atoms with E-state index < -0.39 is 23.4 Å². The molecule has 2 saturated heterocycles. The van der Waals surface area contributed by atoms with Gasteiger partial charge in [-0.3, -0.25) is 0 Å². The predicted molar refractivity (Wildman–Crippen MR) is 210 cm³/mol. The molecule has 0 amide bonds. The first-order valence-corrected chi connectivity index (χ1v) is 18.8. The lowest BCUT2D eigenvalue weighted by atomic mass is 9.82. The summed E-state index contributed by atoms with van der Waals surface area (Å²) in [5.41, 5.74) is 1.89. The van der Waals surface area contributed by atoms with Gasteiger partial charge >= 0.3 is 0 Å². The van der Waals surface area contributed by atoms with Crippen molar-refractivity contribution in [1.82, 2.24) is 0 Å². The third-order valence-electron chi connectivity index (χ3n) is 10.2. The molecule has 0 aliphatic carbocycles. The summed E-state index contributed by atoms with van der Waals surface area (Å²) in [7, 11) is 0. The van der Waals surface area contributed by atoms with E-state index in [2.05, 4.69) is 13.2 Å². The minimum atomic E-state index is -1.18. The predicted octanol–water partition coefficient (Wildman–Crippen LogP) is 7.77. The number of hydrogen-bond acceptors (Lipinski definition) is 8. The van der Waals surface area contributed by atoms with Gasteiger partial charge in [-0.1, -0.05) is 133 Å². The molecule has 8 nitrogen and oxygen atoms in total. The van der Waals surface area contributed by atoms with Crippen LogP contribution in [0, 0.1) is 0 Å². The maximum absolute atomic E-state index is 11.3. The number of ether oxygens (including phenoxy) is 6. The number of aliphatic hydroxyl groups is 2. The van der Waals surface area contributed by atoms with Gasteiger partial charge in [0, 0.05) is 0 Å². The molecule has 8 heteroatoms. The van der Waals surface area contributed by atoms with Crippen LogP contribution in [0.4, 0.5) is 0 Å². The van der Waals surface area contributed by atoms with Crippen LogP contribution in [-0.4, -0.2) is 71.3 Å². The molecular formula is C46H56O8. The monoisotopic (exact) mass is 736 g/mol. The fraction of sp³-hybridized carbons (Fsp3) is 0.391. The van der Waals surface area contributed by atoms with E-state index in [9.17, 15) is 10.2 Å². The van der Waals surface area contributed by atoms with Gasteiger partial charge < -0.3 is 38.6 Å². The maximum atomic E-state index is 11.3. The molecule has 2 N–H and O–H groups in total. The Bertz CT molecular complexity index is 1530. The standard InChI is InChI=1S/2C23H28O4/c2*1-3-14-23(24)18(2)25-17-21(26-15-19-10-6-4-7-11-19)22(23)27-16-20-12-8-5-9-13-20/h2*3-13,18,21-22,24H,1,14-17H2,2H3/t18?,21?,22-,23+;18?,21?,22-,23-/m11/s1. The summed E-state index contributed by atoms with van der Waals surface area (Å²) >= 11 is 0. The highest BCUT2D eigenvalue weighted by Crippen LogP contribution is 2.36. The summed E-state index contributed by atoms with van der Waals surface area (Å²) < 4.78 is 36.3. The zero-order valence-electron chi connectivity index (χ0n) is 31.6. The fourth-order valence-corrected chi connectivity index (χ4v) is 6.92. The van der Waals surface area contributed by atoms with Gasteiger partial charge in [0.1, 0.15) is 35.6 Å². The van der Waals surface area contributed by atoms with E-state index in [1.165, 1.54) is 0 Å². The van der Waals surface area contributed by atoms with Crippen LogP contribution in [0.15, 0.2) is 147 Å². The lowest BCUT2D eigenvalue weighted by Gasteiger charge is -2.47. The number of rotatable bonds is 16. The molecule has 4 aromatic carbocycles. The average Bonchev–Trinajstić information content (AvgIpc) is 3.20. The van der Waals surface area contributed by atoms with Crippen molar-refractivity contribution < 1.29 is 38.6 Å². The Morgan fingerprint density at radius 3 is 1.07 bits per heavy atom. The third-order valence-corrected chi connectivity index (χ3v) is 10.2. The van der Waals surface area contributed by atoms with Crippen LogP contribution < -0.4 is 0 Å². The summed E-state index contributed by atoms with van der Waals surface area (Å²) in [5.74, 6) is 0. The normalized spacial score (nSPS) is 28.0. The zero-order chi connectivity index (χ0) is 38.2. The molecule has 8 atom stereocenters. The van der Waals surface area contributed by atoms with Gasteiger partial charge in [0.05, 0.1) is 51.8 Å². The highest BCUT2D eigenvalue weighted by molar-refractivity contribution is 5.17. The van der Waals surface area contributed by atoms with Crippen LogP contribution in [0.2, 0.25) is 0 Å². The Morgan fingerprint density at radius 1 is 0.519 bits per heavy atom. The summed E-state index contributed by atoms with van der Waals surface area (Å²) in [6, 6.07) is 39.8. The van der Waals surface area contributed by atoms with Crippen LogP contribution >= 0.6 is 0 Å². The lowest BCUT2D eigenvalue weighted by Crippen LogP contribution is -2.63. The van der Waals surface area contributed by atoms with Crippen LogP contribution in [-0.2, 0) is 54.8 Å². The number of benzene rings is 4. The second kappa shape index (κ2) is 20.6. The SMILES string of the molecule is C=CC[C@@]1(O)C(C)OCC(OCc2ccccc2)[C@H]1OCc1ccccc1.C=CC[C@]1(O)C(C)OCC(OCc2ccccc2)[C@H]1OCc1ccccc1. The van der Waals surface area contributed by atoms with Crippen LogP contribution in [0.5, 0.6) is 0 Å². The first kappa shape index (κ1) is 41.2. The van der Waals surface area contributed by atoms with Crippen LogP contribution in [0.25, 0.3) is 0 Å². The number of hydrogen-bond donors (Lipinski definition) is 2. The summed E-state index contributed by atoms with van der Waals surface area (Å²) in [5, 5.41) is 22.7. The molecule has 0 radical (unpaired) electrons. The molecule has 2 fully saturated rings. The van der Waals surface area contributed by atoms with Gasteiger partial charge in [-0.15, -0.1) is 13.2 Å². The molecule has 0 bridgehead atoms. The summed E-state index contributed by atoms with van der Waals surface area (Å²) in [6.45, 7) is 13.8. The Labute approximate surface area is 321 Å². The summed E-state index contributed by atoms with van der Waals surface area (Å²) in [6.07, 6.45) is 1.67. The molecule has 0 aromatic heterocycles. The second-order valence-corrected chi connectivity index (χ2v) is 14.0.